The van der Waals surface area contributed by atoms with Crippen molar-refractivity contribution in [2.24, 2.45) is 0 Å². The summed E-state index contributed by atoms with van der Waals surface area (Å²) in [7, 11) is 0. The molecule has 0 bridgehead atoms. The number of carbonyl (C=O) groups excluding carboxylic acids is 4. The maximum absolute atomic E-state index is 11.7. The van der Waals surface area contributed by atoms with Crippen molar-refractivity contribution in [1.82, 2.24) is 10.4 Å². The van der Waals surface area contributed by atoms with E-state index in [0.717, 1.165) is 56.9 Å². The molecule has 0 aromatic heterocycles. The first kappa shape index (κ1) is 25.4. The second-order valence-electron chi connectivity index (χ2n) is 7.97. The van der Waals surface area contributed by atoms with Crippen LogP contribution in [0.25, 0.3) is 0 Å². The molecule has 0 saturated carbocycles. The van der Waals surface area contributed by atoms with Crippen LogP contribution in [0, 0.1) is 0 Å². The second-order valence-corrected chi connectivity index (χ2v) is 7.97. The Kier molecular flexibility index (Phi) is 11.9. The molecule has 2 rings (SSSR count). The molecule has 32 heavy (non-hydrogen) atoms. The van der Waals surface area contributed by atoms with Gasteiger partial charge in [0.25, 0.3) is 11.8 Å². The van der Waals surface area contributed by atoms with Gasteiger partial charge in [0.2, 0.25) is 0 Å². The summed E-state index contributed by atoms with van der Waals surface area (Å²) < 4.78 is 5.17. The van der Waals surface area contributed by atoms with Gasteiger partial charge in [-0.1, -0.05) is 75.3 Å². The topological polar surface area (TPSA) is 102 Å². The van der Waals surface area contributed by atoms with E-state index in [-0.39, 0.29) is 32.0 Å². The number of rotatable bonds is 15. The molecule has 8 nitrogen and oxygen atoms in total. The van der Waals surface area contributed by atoms with Crippen LogP contribution in [0.2, 0.25) is 0 Å². The minimum Gasteiger partial charge on any atom is -0.445 e. The summed E-state index contributed by atoms with van der Waals surface area (Å²) in [5, 5.41) is 3.38. The summed E-state index contributed by atoms with van der Waals surface area (Å²) in [4.78, 5) is 50.9. The van der Waals surface area contributed by atoms with Gasteiger partial charge in [-0.2, -0.15) is 0 Å². The van der Waals surface area contributed by atoms with Gasteiger partial charge in [0.05, 0.1) is 0 Å². The smallest absolute Gasteiger partial charge is 0.407 e. The zero-order valence-electron chi connectivity index (χ0n) is 18.7. The van der Waals surface area contributed by atoms with Crippen LogP contribution in [0.5, 0.6) is 0 Å². The number of imide groups is 1. The Labute approximate surface area is 189 Å². The number of benzene rings is 1. The molecular weight excluding hydrogens is 412 g/mol. The Hall–Kier alpha value is -2.90. The molecule has 176 valence electrons. The quantitative estimate of drug-likeness (QED) is 0.316. The molecule has 1 heterocycles. The Bertz CT molecular complexity index is 721. The molecule has 1 saturated heterocycles. The largest absolute Gasteiger partial charge is 0.445 e. The lowest BCUT2D eigenvalue weighted by atomic mass is 10.1. The van der Waals surface area contributed by atoms with Crippen molar-refractivity contribution in [3.63, 3.8) is 0 Å². The standard InChI is InChI=1S/C24H34N2O6/c27-21-16-17-22(28)26(21)32-23(29)15-11-6-4-2-1-3-5-7-12-18-25-24(30)31-19-20-13-9-8-10-14-20/h8-10,13-14H,1-7,11-12,15-19H2,(H,25,30). The molecule has 3 amide bonds. The number of amides is 3. The van der Waals surface area contributed by atoms with Gasteiger partial charge in [-0.3, -0.25) is 9.59 Å². The number of unbranched alkanes of at least 4 members (excludes halogenated alkanes) is 8. The molecule has 8 heteroatoms. The van der Waals surface area contributed by atoms with Gasteiger partial charge in [0, 0.05) is 25.8 Å². The van der Waals surface area contributed by atoms with Gasteiger partial charge in [-0.05, 0) is 18.4 Å². The van der Waals surface area contributed by atoms with E-state index in [1.54, 1.807) is 0 Å². The van der Waals surface area contributed by atoms with E-state index in [4.69, 9.17) is 9.57 Å². The monoisotopic (exact) mass is 446 g/mol. The average Bonchev–Trinajstić information content (AvgIpc) is 3.11. The van der Waals surface area contributed by atoms with E-state index in [0.29, 0.717) is 18.0 Å². The average molecular weight is 447 g/mol. The summed E-state index contributed by atoms with van der Waals surface area (Å²) >= 11 is 0. The van der Waals surface area contributed by atoms with Crippen molar-refractivity contribution >= 4 is 23.9 Å². The fourth-order valence-corrected chi connectivity index (χ4v) is 3.40. The molecule has 1 fully saturated rings. The number of hydrogen-bond donors (Lipinski definition) is 1. The summed E-state index contributed by atoms with van der Waals surface area (Å²) in [5.41, 5.74) is 0.970. The number of ether oxygens (including phenoxy) is 1. The molecule has 0 spiro atoms. The van der Waals surface area contributed by atoms with Crippen molar-refractivity contribution in [3.8, 4) is 0 Å². The maximum Gasteiger partial charge on any atom is 0.407 e. The first-order valence-corrected chi connectivity index (χ1v) is 11.6. The highest BCUT2D eigenvalue weighted by molar-refractivity contribution is 6.01. The third-order valence-corrected chi connectivity index (χ3v) is 5.24. The summed E-state index contributed by atoms with van der Waals surface area (Å²) in [6.07, 6.45) is 9.28. The summed E-state index contributed by atoms with van der Waals surface area (Å²) in [6.45, 7) is 0.907. The summed E-state index contributed by atoms with van der Waals surface area (Å²) in [6, 6.07) is 9.59. The van der Waals surface area contributed by atoms with E-state index >= 15 is 0 Å². The highest BCUT2D eigenvalue weighted by atomic mass is 16.7. The number of nitrogens with one attached hydrogen (secondary N) is 1. The first-order valence-electron chi connectivity index (χ1n) is 11.6. The van der Waals surface area contributed by atoms with E-state index in [1.165, 1.54) is 0 Å². The Morgan fingerprint density at radius 1 is 0.812 bits per heavy atom. The van der Waals surface area contributed by atoms with Gasteiger partial charge in [-0.25, -0.2) is 9.59 Å². The highest BCUT2D eigenvalue weighted by Crippen LogP contribution is 2.14. The van der Waals surface area contributed by atoms with Gasteiger partial charge < -0.3 is 14.9 Å². The number of carbonyl (C=O) groups is 4. The molecular formula is C24H34N2O6. The van der Waals surface area contributed by atoms with Crippen LogP contribution in [0.15, 0.2) is 30.3 Å². The third kappa shape index (κ3) is 10.4. The fraction of sp³-hybridized carbons (Fsp3) is 0.583. The normalized spacial score (nSPS) is 13.3. The van der Waals surface area contributed by atoms with E-state index < -0.39 is 17.8 Å². The molecule has 0 unspecified atom stereocenters. The van der Waals surface area contributed by atoms with Crippen LogP contribution in [-0.4, -0.2) is 35.5 Å². The lowest BCUT2D eigenvalue weighted by molar-refractivity contribution is -0.197. The van der Waals surface area contributed by atoms with E-state index in [2.05, 4.69) is 5.32 Å². The predicted octanol–water partition coefficient (Wildman–Crippen LogP) is 4.42. The lowest BCUT2D eigenvalue weighted by Crippen LogP contribution is -2.31. The summed E-state index contributed by atoms with van der Waals surface area (Å²) in [5.74, 6) is -1.41. The van der Waals surface area contributed by atoms with Crippen LogP contribution >= 0.6 is 0 Å². The minimum absolute atomic E-state index is 0.115. The van der Waals surface area contributed by atoms with Crippen LogP contribution < -0.4 is 5.32 Å². The Morgan fingerprint density at radius 3 is 2.00 bits per heavy atom. The van der Waals surface area contributed by atoms with Crippen LogP contribution in [0.3, 0.4) is 0 Å². The Balaban J connectivity index is 1.33. The number of alkyl carbamates (subject to hydrolysis) is 1. The van der Waals surface area contributed by atoms with Crippen molar-refractivity contribution in [2.75, 3.05) is 6.54 Å². The molecule has 1 aromatic carbocycles. The van der Waals surface area contributed by atoms with Crippen LogP contribution in [0.1, 0.15) is 82.6 Å². The van der Waals surface area contributed by atoms with Crippen molar-refractivity contribution in [3.05, 3.63) is 35.9 Å². The highest BCUT2D eigenvalue weighted by Gasteiger charge is 2.32. The van der Waals surface area contributed by atoms with Gasteiger partial charge >= 0.3 is 12.1 Å². The lowest BCUT2D eigenvalue weighted by Gasteiger charge is -2.12. The first-order chi connectivity index (χ1) is 15.6. The molecule has 0 radical (unpaired) electrons. The van der Waals surface area contributed by atoms with Crippen molar-refractivity contribution in [2.45, 2.75) is 83.7 Å². The second kappa shape index (κ2) is 15.0. The SMILES string of the molecule is O=C(CCCCCCCCCCCNC(=O)OCc1ccccc1)ON1C(=O)CCC1=O. The van der Waals surface area contributed by atoms with Crippen LogP contribution in [-0.2, 0) is 30.6 Å². The maximum atomic E-state index is 11.7. The zero-order chi connectivity index (χ0) is 23.0. The Morgan fingerprint density at radius 2 is 1.38 bits per heavy atom. The molecule has 1 N–H and O–H groups in total. The predicted molar refractivity (Wildman–Crippen MR) is 118 cm³/mol. The van der Waals surface area contributed by atoms with Crippen LogP contribution in [0.4, 0.5) is 4.79 Å². The van der Waals surface area contributed by atoms with E-state index in [1.807, 2.05) is 30.3 Å². The fourth-order valence-electron chi connectivity index (χ4n) is 3.40. The third-order valence-electron chi connectivity index (χ3n) is 5.24. The zero-order valence-corrected chi connectivity index (χ0v) is 18.7. The number of hydrogen-bond acceptors (Lipinski definition) is 6. The van der Waals surface area contributed by atoms with E-state index in [9.17, 15) is 19.2 Å². The molecule has 1 aliphatic rings. The molecule has 1 aliphatic heterocycles. The minimum atomic E-state index is -0.522. The molecule has 0 aliphatic carbocycles. The van der Waals surface area contributed by atoms with Gasteiger partial charge in [-0.15, -0.1) is 5.06 Å². The van der Waals surface area contributed by atoms with Crippen molar-refractivity contribution in [1.29, 1.82) is 0 Å². The van der Waals surface area contributed by atoms with Gasteiger partial charge in [0.1, 0.15) is 6.61 Å². The van der Waals surface area contributed by atoms with Gasteiger partial charge in [0.15, 0.2) is 0 Å². The number of nitrogens with zero attached hydrogens (tertiary/aromatic N) is 1. The number of hydroxylamine groups is 2. The molecule has 1 aromatic rings. The molecule has 0 atom stereocenters. The van der Waals surface area contributed by atoms with Crippen molar-refractivity contribution < 1.29 is 28.8 Å².